The van der Waals surface area contributed by atoms with Crippen molar-refractivity contribution in [2.45, 2.75) is 13.0 Å². The highest BCUT2D eigenvalue weighted by atomic mass is 19.1. The summed E-state index contributed by atoms with van der Waals surface area (Å²) < 4.78 is 25.0. The first-order valence-electron chi connectivity index (χ1n) is 6.76. The first kappa shape index (κ1) is 16.0. The van der Waals surface area contributed by atoms with Crippen molar-refractivity contribution in [3.8, 4) is 5.75 Å². The lowest BCUT2D eigenvalue weighted by molar-refractivity contribution is 0.0504. The van der Waals surface area contributed by atoms with Gasteiger partial charge < -0.3 is 19.1 Å². The molecule has 22 heavy (non-hydrogen) atoms. The number of ether oxygens (including phenoxy) is 2. The number of hydrogen-bond acceptors (Lipinski definition) is 5. The summed E-state index contributed by atoms with van der Waals surface area (Å²) in [6, 6.07) is 6.24. The van der Waals surface area contributed by atoms with Crippen LogP contribution in [0, 0.1) is 5.95 Å². The third-order valence-corrected chi connectivity index (χ3v) is 3.23. The van der Waals surface area contributed by atoms with E-state index < -0.39 is 18.0 Å². The molecule has 0 aliphatic heterocycles. The summed E-state index contributed by atoms with van der Waals surface area (Å²) in [6.45, 7) is 1.42. The first-order valence-corrected chi connectivity index (χ1v) is 6.76. The Labute approximate surface area is 127 Å². The van der Waals surface area contributed by atoms with E-state index >= 15 is 0 Å². The van der Waals surface area contributed by atoms with Crippen LogP contribution in [0.25, 0.3) is 0 Å². The average Bonchev–Trinajstić information content (AvgIpc) is 2.91. The van der Waals surface area contributed by atoms with Crippen molar-refractivity contribution < 1.29 is 23.8 Å². The summed E-state index contributed by atoms with van der Waals surface area (Å²) in [5.41, 5.74) is 0.378. The molecule has 1 unspecified atom stereocenters. The van der Waals surface area contributed by atoms with Crippen molar-refractivity contribution in [1.82, 2.24) is 9.55 Å². The lowest BCUT2D eigenvalue weighted by atomic mass is 10.1. The second kappa shape index (κ2) is 7.04. The molecular weight excluding hydrogens is 291 g/mol. The molecule has 7 heteroatoms. The summed E-state index contributed by atoms with van der Waals surface area (Å²) >= 11 is 0. The second-order valence-electron chi connectivity index (χ2n) is 4.48. The fraction of sp³-hybridized carbons (Fsp3) is 0.333. The molecule has 1 heterocycles. The van der Waals surface area contributed by atoms with Gasteiger partial charge in [-0.1, -0.05) is 12.1 Å². The Hall–Kier alpha value is -2.41. The number of methoxy groups -OCH3 is 1. The maximum atomic E-state index is 13.8. The summed E-state index contributed by atoms with van der Waals surface area (Å²) in [5.74, 6) is -1.09. The number of carbonyl (C=O) groups excluding carboxylic acids is 1. The third kappa shape index (κ3) is 3.09. The first-order chi connectivity index (χ1) is 10.6. The van der Waals surface area contributed by atoms with Gasteiger partial charge in [-0.25, -0.2) is 9.78 Å². The Bertz CT molecular complexity index is 639. The summed E-state index contributed by atoms with van der Waals surface area (Å²) in [6.07, 6.45) is 1.17. The lowest BCUT2D eigenvalue weighted by Crippen LogP contribution is -2.21. The van der Waals surface area contributed by atoms with E-state index in [1.54, 1.807) is 38.3 Å². The van der Waals surface area contributed by atoms with Crippen LogP contribution in [-0.2, 0) is 4.74 Å². The highest BCUT2D eigenvalue weighted by Crippen LogP contribution is 2.24. The van der Waals surface area contributed by atoms with Gasteiger partial charge in [-0.3, -0.25) is 0 Å². The number of carbonyl (C=O) groups is 1. The maximum absolute atomic E-state index is 13.8. The monoisotopic (exact) mass is 308 g/mol. The van der Waals surface area contributed by atoms with Crippen molar-refractivity contribution in [2.24, 2.45) is 0 Å². The van der Waals surface area contributed by atoms with Gasteiger partial charge in [-0.15, -0.1) is 0 Å². The highest BCUT2D eigenvalue weighted by Gasteiger charge is 2.25. The quantitative estimate of drug-likeness (QED) is 0.824. The van der Waals surface area contributed by atoms with Crippen molar-refractivity contribution in [3.05, 3.63) is 47.8 Å². The number of benzene rings is 1. The van der Waals surface area contributed by atoms with Crippen LogP contribution in [0.1, 0.15) is 29.0 Å². The van der Waals surface area contributed by atoms with E-state index in [-0.39, 0.29) is 18.9 Å². The molecule has 1 aromatic carbocycles. The molecule has 2 aromatic rings. The Morgan fingerprint density at radius 3 is 2.64 bits per heavy atom. The molecule has 1 aromatic heterocycles. The molecule has 0 amide bonds. The fourth-order valence-electron chi connectivity index (χ4n) is 2.14. The van der Waals surface area contributed by atoms with Gasteiger partial charge in [-0.05, 0) is 24.6 Å². The molecule has 118 valence electrons. The number of aromatic nitrogens is 2. The van der Waals surface area contributed by atoms with E-state index in [0.717, 1.165) is 0 Å². The van der Waals surface area contributed by atoms with Crippen molar-refractivity contribution in [3.63, 3.8) is 0 Å². The number of aliphatic hydroxyl groups is 1. The fourth-order valence-corrected chi connectivity index (χ4v) is 2.14. The van der Waals surface area contributed by atoms with Crippen LogP contribution in [-0.4, -0.2) is 41.0 Å². The van der Waals surface area contributed by atoms with Gasteiger partial charge in [-0.2, -0.15) is 4.39 Å². The largest absolute Gasteiger partial charge is 0.497 e. The minimum Gasteiger partial charge on any atom is -0.497 e. The Kier molecular flexibility index (Phi) is 5.11. The second-order valence-corrected chi connectivity index (χ2v) is 4.48. The molecule has 0 spiro atoms. The van der Waals surface area contributed by atoms with Crippen LogP contribution in [0.4, 0.5) is 4.39 Å². The molecule has 6 nitrogen and oxygen atoms in total. The lowest BCUT2D eigenvalue weighted by Gasteiger charge is -2.18. The van der Waals surface area contributed by atoms with Crippen LogP contribution in [0.15, 0.2) is 30.6 Å². The van der Waals surface area contributed by atoms with Gasteiger partial charge >= 0.3 is 5.97 Å². The number of imidazole rings is 1. The van der Waals surface area contributed by atoms with E-state index in [1.165, 1.54) is 10.9 Å². The minimum absolute atomic E-state index is 0.121. The van der Waals surface area contributed by atoms with Gasteiger partial charge in [0.05, 0.1) is 32.7 Å². The highest BCUT2D eigenvalue weighted by molar-refractivity contribution is 5.87. The predicted octanol–water partition coefficient (Wildman–Crippen LogP) is 1.79. The smallest absolute Gasteiger partial charge is 0.359 e. The zero-order chi connectivity index (χ0) is 16.1. The SMILES string of the molecule is CCOC(=O)c1c(F)ncn1C(CO)c1ccc(OC)cc1. The molecule has 0 aliphatic rings. The minimum atomic E-state index is -0.926. The van der Waals surface area contributed by atoms with Crippen LogP contribution >= 0.6 is 0 Å². The van der Waals surface area contributed by atoms with E-state index in [9.17, 15) is 14.3 Å². The maximum Gasteiger partial charge on any atom is 0.359 e. The molecule has 1 N–H and O–H groups in total. The molecule has 1 atom stereocenters. The van der Waals surface area contributed by atoms with Crippen LogP contribution in [0.2, 0.25) is 0 Å². The van der Waals surface area contributed by atoms with Gasteiger partial charge in [0.25, 0.3) is 0 Å². The van der Waals surface area contributed by atoms with E-state index in [2.05, 4.69) is 4.98 Å². The number of aliphatic hydroxyl groups excluding tert-OH is 1. The summed E-state index contributed by atoms with van der Waals surface area (Å²) in [5, 5.41) is 9.65. The number of hydrogen-bond donors (Lipinski definition) is 1. The molecule has 0 radical (unpaired) electrons. The van der Waals surface area contributed by atoms with E-state index in [4.69, 9.17) is 9.47 Å². The van der Waals surface area contributed by atoms with Gasteiger partial charge in [0.15, 0.2) is 5.69 Å². The number of nitrogens with zero attached hydrogens (tertiary/aromatic N) is 2. The topological polar surface area (TPSA) is 73.6 Å². The Morgan fingerprint density at radius 2 is 2.09 bits per heavy atom. The molecule has 0 aliphatic carbocycles. The Morgan fingerprint density at radius 1 is 1.41 bits per heavy atom. The van der Waals surface area contributed by atoms with E-state index in [1.807, 2.05) is 0 Å². The molecule has 0 bridgehead atoms. The van der Waals surface area contributed by atoms with Gasteiger partial charge in [0.1, 0.15) is 5.75 Å². The third-order valence-electron chi connectivity index (χ3n) is 3.23. The zero-order valence-corrected chi connectivity index (χ0v) is 12.3. The molecule has 0 fully saturated rings. The van der Waals surface area contributed by atoms with Gasteiger partial charge in [0, 0.05) is 0 Å². The summed E-state index contributed by atoms with van der Waals surface area (Å²) in [4.78, 5) is 15.4. The van der Waals surface area contributed by atoms with Crippen LogP contribution in [0.5, 0.6) is 5.75 Å². The van der Waals surface area contributed by atoms with Crippen molar-refractivity contribution in [1.29, 1.82) is 0 Å². The standard InChI is InChI=1S/C15H17FN2O4/c1-3-22-15(20)13-14(16)17-9-18(13)12(8-19)10-4-6-11(21-2)7-5-10/h4-7,9,12,19H,3,8H2,1-2H3. The molecule has 2 rings (SSSR count). The zero-order valence-electron chi connectivity index (χ0n) is 12.3. The number of halogens is 1. The molecule has 0 saturated carbocycles. The van der Waals surface area contributed by atoms with Crippen LogP contribution in [0.3, 0.4) is 0 Å². The summed E-state index contributed by atoms with van der Waals surface area (Å²) in [7, 11) is 1.54. The van der Waals surface area contributed by atoms with Crippen molar-refractivity contribution in [2.75, 3.05) is 20.3 Å². The normalized spacial score (nSPS) is 12.0. The van der Waals surface area contributed by atoms with E-state index in [0.29, 0.717) is 11.3 Å². The Balaban J connectivity index is 2.40. The molecule has 0 saturated heterocycles. The van der Waals surface area contributed by atoms with Crippen molar-refractivity contribution >= 4 is 5.97 Å². The average molecular weight is 308 g/mol. The van der Waals surface area contributed by atoms with Gasteiger partial charge in [0.2, 0.25) is 5.95 Å². The van der Waals surface area contributed by atoms with Crippen LogP contribution < -0.4 is 4.74 Å². The number of rotatable bonds is 6. The molecular formula is C15H17FN2O4. The number of esters is 1. The predicted molar refractivity (Wildman–Crippen MR) is 76.4 cm³/mol.